The molecule has 1 N–H and O–H groups in total. The number of hydrogen-bond donors (Lipinski definition) is 1. The summed E-state index contributed by atoms with van der Waals surface area (Å²) < 4.78 is 5.42. The fourth-order valence-corrected chi connectivity index (χ4v) is 2.15. The van der Waals surface area contributed by atoms with Gasteiger partial charge in [-0.3, -0.25) is 0 Å². The van der Waals surface area contributed by atoms with Gasteiger partial charge >= 0.3 is 6.09 Å². The van der Waals surface area contributed by atoms with Gasteiger partial charge in [0.25, 0.3) is 0 Å². The van der Waals surface area contributed by atoms with E-state index in [1.807, 2.05) is 52.8 Å². The summed E-state index contributed by atoms with van der Waals surface area (Å²) in [5.41, 5.74) is 0.764. The Hall–Kier alpha value is -1.55. The van der Waals surface area contributed by atoms with Gasteiger partial charge in [-0.1, -0.05) is 44.2 Å². The largest absolute Gasteiger partial charge is 0.444 e. The average molecular weight is 292 g/mol. The lowest BCUT2D eigenvalue weighted by Gasteiger charge is -2.35. The zero-order valence-electron chi connectivity index (χ0n) is 13.8. The normalized spacial score (nSPS) is 18.5. The van der Waals surface area contributed by atoms with Crippen molar-refractivity contribution in [3.05, 3.63) is 35.9 Å². The van der Waals surface area contributed by atoms with Crippen LogP contribution in [0.2, 0.25) is 0 Å². The van der Waals surface area contributed by atoms with Crippen LogP contribution in [0.25, 0.3) is 0 Å². The molecule has 1 unspecified atom stereocenters. The molecular weight excluding hydrogens is 264 g/mol. The molecular formula is C17H28N2O2. The monoisotopic (exact) mass is 292 g/mol. The molecule has 0 bridgehead atoms. The van der Waals surface area contributed by atoms with Crippen LogP contribution in [-0.2, 0) is 4.74 Å². The Bertz CT molecular complexity index is 426. The molecule has 1 heterocycles. The van der Waals surface area contributed by atoms with E-state index >= 15 is 0 Å². The van der Waals surface area contributed by atoms with Crippen molar-refractivity contribution < 1.29 is 9.53 Å². The molecule has 4 nitrogen and oxygen atoms in total. The summed E-state index contributed by atoms with van der Waals surface area (Å²) in [4.78, 5) is 13.8. The van der Waals surface area contributed by atoms with Crippen LogP contribution in [0.4, 0.5) is 4.79 Å². The third kappa shape index (κ3) is 5.76. The minimum atomic E-state index is -0.440. The van der Waals surface area contributed by atoms with Gasteiger partial charge in [-0.15, -0.1) is 0 Å². The van der Waals surface area contributed by atoms with Crippen LogP contribution in [0.1, 0.15) is 46.2 Å². The van der Waals surface area contributed by atoms with Crippen LogP contribution < -0.4 is 5.32 Å². The maximum Gasteiger partial charge on any atom is 0.410 e. The van der Waals surface area contributed by atoms with Gasteiger partial charge in [-0.05, 0) is 26.3 Å². The van der Waals surface area contributed by atoms with Gasteiger partial charge in [0.05, 0.1) is 6.04 Å². The van der Waals surface area contributed by atoms with Crippen LogP contribution in [-0.4, -0.2) is 36.2 Å². The molecule has 2 rings (SSSR count). The predicted octanol–water partition coefficient (Wildman–Crippen LogP) is 3.59. The van der Waals surface area contributed by atoms with Gasteiger partial charge in [0.1, 0.15) is 5.60 Å². The number of carbonyl (C=O) groups is 1. The van der Waals surface area contributed by atoms with Crippen molar-refractivity contribution >= 4 is 6.09 Å². The van der Waals surface area contributed by atoms with Crippen molar-refractivity contribution in [3.8, 4) is 0 Å². The third-order valence-corrected chi connectivity index (χ3v) is 3.03. The number of carbonyl (C=O) groups excluding carboxylic acids is 1. The highest BCUT2D eigenvalue weighted by molar-refractivity contribution is 5.68. The number of ether oxygens (including phenoxy) is 1. The quantitative estimate of drug-likeness (QED) is 0.860. The maximum absolute atomic E-state index is 12.1. The van der Waals surface area contributed by atoms with E-state index in [1.54, 1.807) is 4.90 Å². The first kappa shape index (κ1) is 17.5. The Kier molecular flexibility index (Phi) is 6.69. The van der Waals surface area contributed by atoms with Crippen LogP contribution >= 0.6 is 0 Å². The maximum atomic E-state index is 12.1. The molecule has 1 amide bonds. The molecule has 0 radical (unpaired) electrons. The van der Waals surface area contributed by atoms with Crippen molar-refractivity contribution in [3.63, 3.8) is 0 Å². The SMILES string of the molecule is CC.CC(C)(C)OC(=O)N1CCNC(c2ccccc2)C1. The van der Waals surface area contributed by atoms with Gasteiger partial charge < -0.3 is 15.0 Å². The van der Waals surface area contributed by atoms with E-state index in [0.717, 1.165) is 6.54 Å². The van der Waals surface area contributed by atoms with Crippen molar-refractivity contribution in [2.24, 2.45) is 0 Å². The number of nitrogens with zero attached hydrogens (tertiary/aromatic N) is 1. The topological polar surface area (TPSA) is 41.6 Å². The molecule has 1 aliphatic rings. The van der Waals surface area contributed by atoms with E-state index in [4.69, 9.17) is 4.74 Å². The second kappa shape index (κ2) is 8.03. The van der Waals surface area contributed by atoms with E-state index in [-0.39, 0.29) is 12.1 Å². The van der Waals surface area contributed by atoms with Crippen molar-refractivity contribution in [2.45, 2.75) is 46.3 Å². The molecule has 1 fully saturated rings. The fourth-order valence-electron chi connectivity index (χ4n) is 2.15. The number of benzene rings is 1. The molecule has 21 heavy (non-hydrogen) atoms. The third-order valence-electron chi connectivity index (χ3n) is 3.03. The molecule has 1 atom stereocenters. The second-order valence-electron chi connectivity index (χ2n) is 5.84. The van der Waals surface area contributed by atoms with E-state index < -0.39 is 5.60 Å². The number of piperazine rings is 1. The minimum Gasteiger partial charge on any atom is -0.444 e. The summed E-state index contributed by atoms with van der Waals surface area (Å²) in [6.45, 7) is 11.8. The van der Waals surface area contributed by atoms with Gasteiger partial charge in [0.2, 0.25) is 0 Å². The highest BCUT2D eigenvalue weighted by Gasteiger charge is 2.27. The molecule has 1 aromatic carbocycles. The molecule has 1 aromatic rings. The Labute approximate surface area is 128 Å². The summed E-state index contributed by atoms with van der Waals surface area (Å²) >= 11 is 0. The van der Waals surface area contributed by atoms with Crippen LogP contribution in [0.15, 0.2) is 30.3 Å². The molecule has 1 aliphatic heterocycles. The van der Waals surface area contributed by atoms with Gasteiger partial charge in [0.15, 0.2) is 0 Å². The lowest BCUT2D eigenvalue weighted by molar-refractivity contribution is 0.0195. The van der Waals surface area contributed by atoms with Crippen molar-refractivity contribution in [1.29, 1.82) is 0 Å². The van der Waals surface area contributed by atoms with Crippen LogP contribution in [0.5, 0.6) is 0 Å². The standard InChI is InChI=1S/C15H22N2O2.C2H6/c1-15(2,3)19-14(18)17-10-9-16-13(11-17)12-7-5-4-6-8-12;1-2/h4-8,13,16H,9-11H2,1-3H3;1-2H3. The number of rotatable bonds is 1. The Morgan fingerprint density at radius 2 is 1.86 bits per heavy atom. The minimum absolute atomic E-state index is 0.183. The van der Waals surface area contributed by atoms with Crippen LogP contribution in [0, 0.1) is 0 Å². The predicted molar refractivity (Wildman–Crippen MR) is 86.3 cm³/mol. The first-order valence-electron chi connectivity index (χ1n) is 7.72. The second-order valence-corrected chi connectivity index (χ2v) is 5.84. The summed E-state index contributed by atoms with van der Waals surface area (Å²) in [6, 6.07) is 10.4. The lowest BCUT2D eigenvalue weighted by atomic mass is 10.1. The van der Waals surface area contributed by atoms with E-state index in [0.29, 0.717) is 13.1 Å². The fraction of sp³-hybridized carbons (Fsp3) is 0.588. The lowest BCUT2D eigenvalue weighted by Crippen LogP contribution is -2.49. The zero-order chi connectivity index (χ0) is 15.9. The summed E-state index contributed by atoms with van der Waals surface area (Å²) in [5.74, 6) is 0. The average Bonchev–Trinajstić information content (AvgIpc) is 2.49. The first-order valence-corrected chi connectivity index (χ1v) is 7.72. The Balaban J connectivity index is 0.00000106. The molecule has 4 heteroatoms. The molecule has 0 aromatic heterocycles. The van der Waals surface area contributed by atoms with Gasteiger partial charge in [0, 0.05) is 19.6 Å². The molecule has 0 saturated carbocycles. The Morgan fingerprint density at radius 3 is 2.43 bits per heavy atom. The van der Waals surface area contributed by atoms with Crippen LogP contribution in [0.3, 0.4) is 0 Å². The highest BCUT2D eigenvalue weighted by Crippen LogP contribution is 2.19. The summed E-state index contributed by atoms with van der Waals surface area (Å²) in [5, 5.41) is 3.43. The molecule has 0 spiro atoms. The molecule has 1 saturated heterocycles. The number of nitrogens with one attached hydrogen (secondary N) is 1. The smallest absolute Gasteiger partial charge is 0.410 e. The first-order chi connectivity index (χ1) is 9.96. The highest BCUT2D eigenvalue weighted by atomic mass is 16.6. The summed E-state index contributed by atoms with van der Waals surface area (Å²) in [7, 11) is 0. The van der Waals surface area contributed by atoms with Crippen molar-refractivity contribution in [1.82, 2.24) is 10.2 Å². The van der Waals surface area contributed by atoms with E-state index in [1.165, 1.54) is 5.56 Å². The Morgan fingerprint density at radius 1 is 1.24 bits per heavy atom. The number of hydrogen-bond acceptors (Lipinski definition) is 3. The summed E-state index contributed by atoms with van der Waals surface area (Å²) in [6.07, 6.45) is -0.227. The van der Waals surface area contributed by atoms with E-state index in [2.05, 4.69) is 17.4 Å². The molecule has 118 valence electrons. The van der Waals surface area contributed by atoms with Gasteiger partial charge in [-0.25, -0.2) is 4.79 Å². The zero-order valence-corrected chi connectivity index (χ0v) is 13.8. The van der Waals surface area contributed by atoms with E-state index in [9.17, 15) is 4.79 Å². The van der Waals surface area contributed by atoms with Gasteiger partial charge in [-0.2, -0.15) is 0 Å². The van der Waals surface area contributed by atoms with Crippen molar-refractivity contribution in [2.75, 3.05) is 19.6 Å². The molecule has 0 aliphatic carbocycles. The number of amides is 1.